The maximum atomic E-state index is 14.3. The predicted molar refractivity (Wildman–Crippen MR) is 150 cm³/mol. The van der Waals surface area contributed by atoms with Gasteiger partial charge in [0.05, 0.1) is 11.4 Å². The predicted octanol–water partition coefficient (Wildman–Crippen LogP) is 4.91. The molecule has 2 bridgehead atoms. The number of carboxylic acid groups (broad SMARTS) is 1. The van der Waals surface area contributed by atoms with Crippen LogP contribution in [0.15, 0.2) is 84.9 Å². The van der Waals surface area contributed by atoms with Crippen molar-refractivity contribution >= 4 is 40.9 Å². The standard InChI is InChI=1S/C30H31ClN4O4/c1-2-33(19-21-11-9-10-16-25(21)31)28(38)30-18-17-22(32-30)20-34(26(30)27(36)37)29(39)35(23-12-5-3-6-13-23)24-14-7-4-8-15-24/h3-16,22,26,32H,2,17-20H2,1H3,(H,36,37). The van der Waals surface area contributed by atoms with E-state index in [1.165, 1.54) is 9.80 Å². The second-order valence-corrected chi connectivity index (χ2v) is 10.4. The largest absolute Gasteiger partial charge is 0.480 e. The maximum absolute atomic E-state index is 14.3. The number of anilines is 2. The van der Waals surface area contributed by atoms with Crippen LogP contribution < -0.4 is 10.2 Å². The van der Waals surface area contributed by atoms with Crippen molar-refractivity contribution in [2.45, 2.75) is 43.9 Å². The zero-order valence-electron chi connectivity index (χ0n) is 21.7. The van der Waals surface area contributed by atoms with Gasteiger partial charge in [-0.15, -0.1) is 0 Å². The monoisotopic (exact) mass is 546 g/mol. The molecule has 2 fully saturated rings. The van der Waals surface area contributed by atoms with E-state index in [2.05, 4.69) is 5.32 Å². The summed E-state index contributed by atoms with van der Waals surface area (Å²) in [6.45, 7) is 2.63. The van der Waals surface area contributed by atoms with Gasteiger partial charge in [-0.3, -0.25) is 15.0 Å². The molecular formula is C30H31ClN4O4. The summed E-state index contributed by atoms with van der Waals surface area (Å²) < 4.78 is 0. The lowest BCUT2D eigenvalue weighted by Gasteiger charge is -2.47. The van der Waals surface area contributed by atoms with Crippen molar-refractivity contribution < 1.29 is 19.5 Å². The summed E-state index contributed by atoms with van der Waals surface area (Å²) in [5.74, 6) is -1.57. The summed E-state index contributed by atoms with van der Waals surface area (Å²) in [6.07, 6.45) is 0.895. The van der Waals surface area contributed by atoms with Gasteiger partial charge in [0.1, 0.15) is 5.54 Å². The van der Waals surface area contributed by atoms with Crippen molar-refractivity contribution in [3.63, 3.8) is 0 Å². The lowest BCUT2D eigenvalue weighted by molar-refractivity contribution is -0.155. The normalized spacial score (nSPS) is 21.8. The number of piperazine rings is 1. The highest BCUT2D eigenvalue weighted by molar-refractivity contribution is 6.31. The van der Waals surface area contributed by atoms with Crippen molar-refractivity contribution in [2.75, 3.05) is 18.0 Å². The number of hydrogen-bond donors (Lipinski definition) is 2. The third-order valence-electron chi connectivity index (χ3n) is 7.61. The number of rotatable bonds is 7. The number of fused-ring (bicyclic) bond motifs is 2. The Bertz CT molecular complexity index is 1320. The zero-order valence-corrected chi connectivity index (χ0v) is 22.4. The molecule has 0 spiro atoms. The molecule has 3 aromatic rings. The van der Waals surface area contributed by atoms with Crippen molar-refractivity contribution in [3.05, 3.63) is 95.5 Å². The first-order chi connectivity index (χ1) is 18.9. The summed E-state index contributed by atoms with van der Waals surface area (Å²) in [6, 6.07) is 23.4. The van der Waals surface area contributed by atoms with Gasteiger partial charge in [0.2, 0.25) is 5.91 Å². The minimum absolute atomic E-state index is 0.178. The van der Waals surface area contributed by atoms with E-state index < -0.39 is 23.6 Å². The van der Waals surface area contributed by atoms with E-state index in [0.717, 1.165) is 5.56 Å². The Balaban J connectivity index is 1.53. The van der Waals surface area contributed by atoms with Crippen molar-refractivity contribution in [2.24, 2.45) is 0 Å². The molecule has 202 valence electrons. The van der Waals surface area contributed by atoms with Gasteiger partial charge in [-0.1, -0.05) is 66.2 Å². The number of likely N-dealkylation sites (tertiary alicyclic amines) is 1. The van der Waals surface area contributed by atoms with Crippen LogP contribution in [0.1, 0.15) is 25.3 Å². The van der Waals surface area contributed by atoms with E-state index in [0.29, 0.717) is 35.8 Å². The molecule has 3 unspecified atom stereocenters. The number of para-hydroxylation sites is 2. The number of nitrogens with zero attached hydrogens (tertiary/aromatic N) is 3. The van der Waals surface area contributed by atoms with Gasteiger partial charge in [-0.25, -0.2) is 9.59 Å². The Morgan fingerprint density at radius 1 is 0.974 bits per heavy atom. The summed E-state index contributed by atoms with van der Waals surface area (Å²) in [7, 11) is 0. The minimum Gasteiger partial charge on any atom is -0.480 e. The van der Waals surface area contributed by atoms with Gasteiger partial charge in [0.15, 0.2) is 6.04 Å². The topological polar surface area (TPSA) is 93.2 Å². The molecule has 2 saturated heterocycles. The zero-order chi connectivity index (χ0) is 27.6. The van der Waals surface area contributed by atoms with E-state index in [1.807, 2.05) is 61.5 Å². The fourth-order valence-corrected chi connectivity index (χ4v) is 5.98. The fraction of sp³-hybridized carbons (Fsp3) is 0.300. The van der Waals surface area contributed by atoms with Crippen LogP contribution in [-0.4, -0.2) is 63.5 Å². The smallest absolute Gasteiger partial charge is 0.329 e. The Hall–Kier alpha value is -3.88. The molecule has 0 aliphatic carbocycles. The fourth-order valence-electron chi connectivity index (χ4n) is 5.78. The van der Waals surface area contributed by atoms with Gasteiger partial charge in [-0.05, 0) is 55.7 Å². The highest BCUT2D eigenvalue weighted by Gasteiger charge is 2.62. The van der Waals surface area contributed by atoms with Gasteiger partial charge in [0.25, 0.3) is 0 Å². The van der Waals surface area contributed by atoms with Crippen LogP contribution in [0.25, 0.3) is 0 Å². The van der Waals surface area contributed by atoms with Gasteiger partial charge in [0, 0.05) is 30.7 Å². The number of carbonyl (C=O) groups excluding carboxylic acids is 2. The van der Waals surface area contributed by atoms with E-state index >= 15 is 0 Å². The molecule has 9 heteroatoms. The number of likely N-dealkylation sites (N-methyl/N-ethyl adjacent to an activating group) is 1. The summed E-state index contributed by atoms with van der Waals surface area (Å²) in [5.41, 5.74) is 0.534. The highest BCUT2D eigenvalue weighted by Crippen LogP contribution is 2.39. The molecule has 2 aliphatic heterocycles. The summed E-state index contributed by atoms with van der Waals surface area (Å²) in [4.78, 5) is 45.9. The Labute approximate surface area is 232 Å². The molecule has 0 aromatic heterocycles. The molecule has 3 aromatic carbocycles. The number of benzene rings is 3. The summed E-state index contributed by atoms with van der Waals surface area (Å²) in [5, 5.41) is 14.4. The molecular weight excluding hydrogens is 516 g/mol. The number of carbonyl (C=O) groups is 3. The molecule has 0 saturated carbocycles. The van der Waals surface area contributed by atoms with E-state index in [-0.39, 0.29) is 25.0 Å². The number of urea groups is 1. The number of halogens is 1. The maximum Gasteiger partial charge on any atom is 0.329 e. The molecule has 2 heterocycles. The third kappa shape index (κ3) is 4.97. The molecule has 39 heavy (non-hydrogen) atoms. The summed E-state index contributed by atoms with van der Waals surface area (Å²) >= 11 is 6.38. The molecule has 0 radical (unpaired) electrons. The van der Waals surface area contributed by atoms with Crippen molar-refractivity contribution in [1.29, 1.82) is 0 Å². The van der Waals surface area contributed by atoms with Crippen LogP contribution in [0.4, 0.5) is 16.2 Å². The van der Waals surface area contributed by atoms with Gasteiger partial charge in [-0.2, -0.15) is 0 Å². The first-order valence-corrected chi connectivity index (χ1v) is 13.5. The Morgan fingerprint density at radius 2 is 1.56 bits per heavy atom. The third-order valence-corrected chi connectivity index (χ3v) is 7.98. The van der Waals surface area contributed by atoms with Crippen molar-refractivity contribution in [3.8, 4) is 0 Å². The average molecular weight is 547 g/mol. The van der Waals surface area contributed by atoms with Crippen LogP contribution in [-0.2, 0) is 16.1 Å². The van der Waals surface area contributed by atoms with E-state index in [1.54, 1.807) is 35.2 Å². The second kappa shape index (κ2) is 11.1. The number of hydrogen-bond acceptors (Lipinski definition) is 4. The number of amides is 3. The Morgan fingerprint density at radius 3 is 2.13 bits per heavy atom. The minimum atomic E-state index is -1.46. The van der Waals surface area contributed by atoms with Gasteiger partial charge < -0.3 is 14.9 Å². The molecule has 2 aliphatic rings. The van der Waals surface area contributed by atoms with E-state index in [4.69, 9.17) is 11.6 Å². The van der Waals surface area contributed by atoms with Gasteiger partial charge >= 0.3 is 12.0 Å². The average Bonchev–Trinajstić information content (AvgIpc) is 3.30. The molecule has 8 nitrogen and oxygen atoms in total. The van der Waals surface area contributed by atoms with Crippen LogP contribution >= 0.6 is 11.6 Å². The molecule has 3 atom stereocenters. The number of carboxylic acids is 1. The molecule has 2 N–H and O–H groups in total. The highest BCUT2D eigenvalue weighted by atomic mass is 35.5. The van der Waals surface area contributed by atoms with Crippen LogP contribution in [0.3, 0.4) is 0 Å². The SMILES string of the molecule is CCN(Cc1ccccc1Cl)C(=O)C12CCC(CN(C(=O)N(c3ccccc3)c3ccccc3)C1C(=O)O)N2. The Kier molecular flexibility index (Phi) is 7.59. The van der Waals surface area contributed by atoms with Crippen molar-refractivity contribution in [1.82, 2.24) is 15.1 Å². The van der Waals surface area contributed by atoms with E-state index in [9.17, 15) is 19.5 Å². The lowest BCUT2D eigenvalue weighted by atomic mass is 9.85. The molecule has 5 rings (SSSR count). The quantitative estimate of drug-likeness (QED) is 0.439. The first-order valence-electron chi connectivity index (χ1n) is 13.1. The second-order valence-electron chi connectivity index (χ2n) is 9.94. The van der Waals surface area contributed by atoms with Crippen LogP contribution in [0.2, 0.25) is 5.02 Å². The van der Waals surface area contributed by atoms with Crippen LogP contribution in [0.5, 0.6) is 0 Å². The molecule has 3 amide bonds. The number of aliphatic carboxylic acids is 1. The first kappa shape index (κ1) is 26.7. The van der Waals surface area contributed by atoms with Crippen LogP contribution in [0, 0.1) is 0 Å². The number of nitrogens with one attached hydrogen (secondary N) is 1. The lowest BCUT2D eigenvalue weighted by Crippen LogP contribution is -2.75.